The van der Waals surface area contributed by atoms with E-state index < -0.39 is 0 Å². The van der Waals surface area contributed by atoms with E-state index in [2.05, 4.69) is 72.8 Å². The molecule has 2 aliphatic heterocycles. The number of benzene rings is 4. The maximum Gasteiger partial charge on any atom is 0.115 e. The third-order valence-corrected chi connectivity index (χ3v) is 8.95. The number of nitrogens with zero attached hydrogens (tertiary/aromatic N) is 4. The molecule has 4 aromatic carbocycles. The topological polar surface area (TPSA) is 74.2 Å². The maximum absolute atomic E-state index is 10.2. The largest absolute Gasteiger partial charge is 0.657 e. The molecule has 0 aliphatic carbocycles. The molecule has 9 rings (SSSR count). The zero-order chi connectivity index (χ0) is 32.7. The van der Waals surface area contributed by atoms with Crippen LogP contribution in [0.25, 0.3) is 90.9 Å². The van der Waals surface area contributed by atoms with Crippen LogP contribution in [0.15, 0.2) is 140 Å². The minimum atomic E-state index is 0. The van der Waals surface area contributed by atoms with Gasteiger partial charge in [0, 0.05) is 22.4 Å². The van der Waals surface area contributed by atoms with E-state index in [0.29, 0.717) is 0 Å². The van der Waals surface area contributed by atoms with Crippen LogP contribution < -0.4 is 9.97 Å². The van der Waals surface area contributed by atoms with Crippen LogP contribution in [-0.4, -0.2) is 15.1 Å². The van der Waals surface area contributed by atoms with Gasteiger partial charge in [0.15, 0.2) is 0 Å². The second-order valence-corrected chi connectivity index (χ2v) is 12.0. The van der Waals surface area contributed by atoms with Crippen molar-refractivity contribution < 1.29 is 27.5 Å². The van der Waals surface area contributed by atoms with E-state index >= 15 is 0 Å². The molecular weight excluding hydrogens is 797 g/mol. The van der Waals surface area contributed by atoms with E-state index in [1.807, 2.05) is 78.9 Å². The van der Waals surface area contributed by atoms with Gasteiger partial charge in [-0.25, -0.2) is 9.97 Å². The summed E-state index contributed by atoms with van der Waals surface area (Å²) < 4.78 is 0. The molecule has 7 aromatic rings. The quantitative estimate of drug-likeness (QED) is 0.179. The first-order valence-electron chi connectivity index (χ1n) is 16.2. The Kier molecular flexibility index (Phi) is 8.23. The van der Waals surface area contributed by atoms with Crippen molar-refractivity contribution in [3.63, 3.8) is 0 Å². The van der Waals surface area contributed by atoms with Gasteiger partial charge in [0.1, 0.15) is 5.75 Å². The molecule has 0 amide bonds. The maximum atomic E-state index is 10.2. The van der Waals surface area contributed by atoms with Crippen molar-refractivity contribution >= 4 is 46.4 Å². The Balaban J connectivity index is 0.00000361. The fraction of sp³-hybridized carbons (Fsp3) is 0. The number of phenolic OH excluding ortho intramolecular Hbond substituents is 1. The third-order valence-electron chi connectivity index (χ3n) is 8.95. The summed E-state index contributed by atoms with van der Waals surface area (Å²) in [6.07, 6.45) is 8.26. The first-order chi connectivity index (χ1) is 24.2. The molecule has 1 radical (unpaired) electrons. The van der Waals surface area contributed by atoms with Gasteiger partial charge in [-0.05, 0) is 80.9 Å². The summed E-state index contributed by atoms with van der Waals surface area (Å²) in [6, 6.07) is 46.4. The standard InChI is InChI=1S/C44H28N4O.Au/c49-32-18-16-31(17-19-32)44-39-26-24-37(47-39)42(29-12-6-2-7-13-29)35-22-20-33(45-35)41(28-10-4-1-5-11-28)34-21-23-36(46-34)43(30-14-8-3-9-15-30)38-25-27-40(44)48-38;/h1-27H,(H-2,45,46,47,48,49);/q-2;. The summed E-state index contributed by atoms with van der Waals surface area (Å²) in [5.41, 5.74) is 14.2. The van der Waals surface area contributed by atoms with Crippen molar-refractivity contribution in [3.8, 4) is 50.3 Å². The fourth-order valence-corrected chi connectivity index (χ4v) is 6.71. The number of aromatic nitrogens is 4. The molecular formula is C44H28AuN4O-2. The van der Waals surface area contributed by atoms with Crippen LogP contribution in [0.2, 0.25) is 0 Å². The number of phenols is 1. The van der Waals surface area contributed by atoms with Crippen LogP contribution in [0, 0.1) is 0 Å². The molecule has 0 atom stereocenters. The molecule has 243 valence electrons. The van der Waals surface area contributed by atoms with Gasteiger partial charge >= 0.3 is 0 Å². The van der Waals surface area contributed by atoms with Gasteiger partial charge in [-0.2, -0.15) is 0 Å². The second kappa shape index (κ2) is 13.1. The summed E-state index contributed by atoms with van der Waals surface area (Å²) in [6.45, 7) is 0. The van der Waals surface area contributed by atoms with Crippen molar-refractivity contribution in [1.82, 2.24) is 19.9 Å². The number of fused-ring (bicyclic) bond motifs is 8. The van der Waals surface area contributed by atoms with Crippen molar-refractivity contribution in [3.05, 3.63) is 162 Å². The summed E-state index contributed by atoms with van der Waals surface area (Å²) in [4.78, 5) is 21.1. The number of hydrogen-bond donors (Lipinski definition) is 1. The molecule has 0 fully saturated rings. The Morgan fingerprint density at radius 2 is 0.620 bits per heavy atom. The SMILES string of the molecule is Oc1ccc(-c2c3nc(c(-c4ccccc4)c4ccc([n-]4)c(-c4ccccc4)c4nc(c(-c5ccccc5)c5ccc2[n-]5)C=C4)C=C3)cc1.[Au]. The van der Waals surface area contributed by atoms with E-state index in [9.17, 15) is 5.11 Å². The molecule has 8 bridgehead atoms. The fourth-order valence-electron chi connectivity index (χ4n) is 6.71. The number of rotatable bonds is 4. The van der Waals surface area contributed by atoms with Gasteiger partial charge in [0.25, 0.3) is 0 Å². The first-order valence-corrected chi connectivity index (χ1v) is 16.2. The van der Waals surface area contributed by atoms with Crippen molar-refractivity contribution in [2.45, 2.75) is 0 Å². The molecule has 5 nitrogen and oxygen atoms in total. The Morgan fingerprint density at radius 3 is 0.920 bits per heavy atom. The van der Waals surface area contributed by atoms with E-state index in [1.165, 1.54) is 0 Å². The van der Waals surface area contributed by atoms with Crippen LogP contribution in [0.3, 0.4) is 0 Å². The zero-order valence-electron chi connectivity index (χ0n) is 26.6. The number of hydrogen-bond acceptors (Lipinski definition) is 3. The van der Waals surface area contributed by atoms with Crippen molar-refractivity contribution in [1.29, 1.82) is 0 Å². The summed E-state index contributed by atoms with van der Waals surface area (Å²) in [7, 11) is 0. The number of aromatic hydroxyl groups is 1. The van der Waals surface area contributed by atoms with E-state index in [-0.39, 0.29) is 28.1 Å². The average Bonchev–Trinajstić information content (AvgIpc) is 3.98. The summed E-state index contributed by atoms with van der Waals surface area (Å²) >= 11 is 0. The predicted octanol–water partition coefficient (Wildman–Crippen LogP) is 10.3. The van der Waals surface area contributed by atoms with E-state index in [4.69, 9.17) is 19.9 Å². The Bertz CT molecular complexity index is 2550. The van der Waals surface area contributed by atoms with E-state index in [0.717, 1.165) is 89.4 Å². The van der Waals surface area contributed by atoms with Gasteiger partial charge in [-0.1, -0.05) is 127 Å². The van der Waals surface area contributed by atoms with Crippen LogP contribution >= 0.6 is 0 Å². The van der Waals surface area contributed by atoms with Gasteiger partial charge < -0.3 is 15.1 Å². The minimum absolute atomic E-state index is 0. The average molecular weight is 826 g/mol. The van der Waals surface area contributed by atoms with Crippen molar-refractivity contribution in [2.24, 2.45) is 0 Å². The van der Waals surface area contributed by atoms with Gasteiger partial charge in [-0.3, -0.25) is 0 Å². The third kappa shape index (κ3) is 5.63. The molecule has 0 saturated carbocycles. The van der Waals surface area contributed by atoms with E-state index in [1.54, 1.807) is 12.1 Å². The molecule has 2 aliphatic rings. The summed E-state index contributed by atoms with van der Waals surface area (Å²) in [5.74, 6) is 0.201. The monoisotopic (exact) mass is 825 g/mol. The van der Waals surface area contributed by atoms with Crippen molar-refractivity contribution in [2.75, 3.05) is 0 Å². The van der Waals surface area contributed by atoms with Crippen LogP contribution in [0.4, 0.5) is 0 Å². The Hall–Kier alpha value is -5.98. The molecule has 1 N–H and O–H groups in total. The van der Waals surface area contributed by atoms with Crippen LogP contribution in [0.5, 0.6) is 5.75 Å². The minimum Gasteiger partial charge on any atom is -0.657 e. The smallest absolute Gasteiger partial charge is 0.115 e. The molecule has 0 unspecified atom stereocenters. The molecule has 5 heterocycles. The first kappa shape index (κ1) is 31.3. The van der Waals surface area contributed by atoms with Gasteiger partial charge in [-0.15, -0.1) is 22.1 Å². The van der Waals surface area contributed by atoms with Crippen LogP contribution in [0.1, 0.15) is 22.8 Å². The molecule has 6 heteroatoms. The Morgan fingerprint density at radius 1 is 0.340 bits per heavy atom. The normalized spacial score (nSPS) is 11.8. The summed E-state index contributed by atoms with van der Waals surface area (Å²) in [5, 5.41) is 10.2. The second-order valence-electron chi connectivity index (χ2n) is 12.0. The zero-order valence-corrected chi connectivity index (χ0v) is 28.8. The molecule has 50 heavy (non-hydrogen) atoms. The Labute approximate surface area is 304 Å². The van der Waals surface area contributed by atoms with Crippen LogP contribution in [-0.2, 0) is 22.4 Å². The molecule has 0 spiro atoms. The molecule has 0 saturated heterocycles. The van der Waals surface area contributed by atoms with Gasteiger partial charge in [0.05, 0.1) is 22.8 Å². The van der Waals surface area contributed by atoms with Gasteiger partial charge in [0.2, 0.25) is 0 Å². The molecule has 3 aromatic heterocycles. The predicted molar refractivity (Wildman–Crippen MR) is 200 cm³/mol.